The van der Waals surface area contributed by atoms with Crippen molar-refractivity contribution < 1.29 is 4.39 Å². The summed E-state index contributed by atoms with van der Waals surface area (Å²) in [5, 5.41) is 11.2. The molecule has 0 aliphatic heterocycles. The Morgan fingerprint density at radius 3 is 2.76 bits per heavy atom. The van der Waals surface area contributed by atoms with Crippen molar-refractivity contribution in [1.29, 1.82) is 0 Å². The fourth-order valence-electron chi connectivity index (χ4n) is 2.30. The van der Waals surface area contributed by atoms with Crippen molar-refractivity contribution in [2.45, 2.75) is 33.1 Å². The molecule has 3 nitrogen and oxygen atoms in total. The monoisotopic (exact) mass is 285 g/mol. The van der Waals surface area contributed by atoms with Crippen LogP contribution in [0.1, 0.15) is 37.9 Å². The number of benzene rings is 1. The van der Waals surface area contributed by atoms with Crippen LogP contribution in [0.3, 0.4) is 0 Å². The van der Waals surface area contributed by atoms with E-state index in [9.17, 15) is 4.39 Å². The maximum Gasteiger partial charge on any atom is 0.123 e. The first-order chi connectivity index (χ1) is 10.1. The molecule has 0 unspecified atom stereocenters. The normalized spacial score (nSPS) is 12.0. The standard InChI is InChI=1S/C17H20FN3/c1-5-12(6-2)9-16-17(20-21-19-16)14-8-7-13(18)10-15(14)11(3)4/h5-8,10-11H,1,9H2,2-4H3,(H,19,20,21)/b12-6+. The van der Waals surface area contributed by atoms with E-state index in [1.165, 1.54) is 6.07 Å². The van der Waals surface area contributed by atoms with Gasteiger partial charge in [0.15, 0.2) is 0 Å². The van der Waals surface area contributed by atoms with E-state index in [2.05, 4.69) is 22.0 Å². The third-order valence-corrected chi connectivity index (χ3v) is 3.52. The first-order valence-electron chi connectivity index (χ1n) is 7.03. The smallest absolute Gasteiger partial charge is 0.123 e. The van der Waals surface area contributed by atoms with Crippen molar-refractivity contribution in [3.63, 3.8) is 0 Å². The molecule has 0 saturated carbocycles. The van der Waals surface area contributed by atoms with Crippen molar-refractivity contribution in [2.24, 2.45) is 0 Å². The second-order valence-corrected chi connectivity index (χ2v) is 5.25. The number of aromatic amines is 1. The minimum absolute atomic E-state index is 0.209. The minimum atomic E-state index is -0.229. The van der Waals surface area contributed by atoms with E-state index >= 15 is 0 Å². The number of H-pyrrole nitrogens is 1. The number of halogens is 1. The summed E-state index contributed by atoms with van der Waals surface area (Å²) < 4.78 is 13.5. The van der Waals surface area contributed by atoms with Crippen LogP contribution in [-0.2, 0) is 6.42 Å². The number of hydrogen-bond donors (Lipinski definition) is 1. The molecule has 1 aromatic heterocycles. The molecule has 2 rings (SSSR count). The minimum Gasteiger partial charge on any atom is -0.207 e. The van der Waals surface area contributed by atoms with E-state index in [0.29, 0.717) is 6.42 Å². The Hall–Kier alpha value is -2.23. The van der Waals surface area contributed by atoms with E-state index in [-0.39, 0.29) is 11.7 Å². The average molecular weight is 285 g/mol. The summed E-state index contributed by atoms with van der Waals surface area (Å²) in [5.74, 6) is -0.0198. The van der Waals surface area contributed by atoms with Gasteiger partial charge < -0.3 is 0 Å². The van der Waals surface area contributed by atoms with Gasteiger partial charge in [0.25, 0.3) is 0 Å². The van der Waals surface area contributed by atoms with Crippen LogP contribution in [-0.4, -0.2) is 15.4 Å². The lowest BCUT2D eigenvalue weighted by Gasteiger charge is -2.12. The lowest BCUT2D eigenvalue weighted by molar-refractivity contribution is 0.623. The van der Waals surface area contributed by atoms with Crippen LogP contribution in [0.25, 0.3) is 11.3 Å². The van der Waals surface area contributed by atoms with Gasteiger partial charge in [-0.1, -0.05) is 32.6 Å². The molecule has 1 N–H and O–H groups in total. The second kappa shape index (κ2) is 6.48. The molecule has 1 heterocycles. The summed E-state index contributed by atoms with van der Waals surface area (Å²) in [4.78, 5) is 0. The van der Waals surface area contributed by atoms with Gasteiger partial charge in [0, 0.05) is 12.0 Å². The van der Waals surface area contributed by atoms with Gasteiger partial charge in [0.1, 0.15) is 11.5 Å². The highest BCUT2D eigenvalue weighted by Gasteiger charge is 2.16. The fraction of sp³-hybridized carbons (Fsp3) is 0.294. The molecule has 4 heteroatoms. The molecule has 2 aromatic rings. The predicted octanol–water partition coefficient (Wildman–Crippen LogP) is 4.41. The molecule has 0 amide bonds. The molecular weight excluding hydrogens is 265 g/mol. The molecule has 0 aliphatic carbocycles. The highest BCUT2D eigenvalue weighted by molar-refractivity contribution is 5.66. The molecule has 0 fully saturated rings. The summed E-state index contributed by atoms with van der Waals surface area (Å²) in [7, 11) is 0. The Morgan fingerprint density at radius 2 is 2.14 bits per heavy atom. The van der Waals surface area contributed by atoms with Crippen molar-refractivity contribution in [1.82, 2.24) is 15.4 Å². The summed E-state index contributed by atoms with van der Waals surface area (Å²) in [6.07, 6.45) is 4.46. The van der Waals surface area contributed by atoms with Crippen molar-refractivity contribution >= 4 is 0 Å². The van der Waals surface area contributed by atoms with Crippen molar-refractivity contribution in [2.75, 3.05) is 0 Å². The molecule has 0 atom stereocenters. The van der Waals surface area contributed by atoms with E-state index in [1.54, 1.807) is 12.1 Å². The van der Waals surface area contributed by atoms with Crippen LogP contribution in [0.5, 0.6) is 0 Å². The highest BCUT2D eigenvalue weighted by atomic mass is 19.1. The van der Waals surface area contributed by atoms with Crippen LogP contribution < -0.4 is 0 Å². The van der Waals surface area contributed by atoms with Crippen molar-refractivity contribution in [3.8, 4) is 11.3 Å². The number of aromatic nitrogens is 3. The Morgan fingerprint density at radius 1 is 1.38 bits per heavy atom. The van der Waals surface area contributed by atoms with E-state index in [4.69, 9.17) is 0 Å². The van der Waals surface area contributed by atoms with Gasteiger partial charge in [-0.2, -0.15) is 15.4 Å². The molecule has 110 valence electrons. The van der Waals surface area contributed by atoms with Crippen LogP contribution in [0.2, 0.25) is 0 Å². The number of nitrogens with one attached hydrogen (secondary N) is 1. The van der Waals surface area contributed by atoms with Gasteiger partial charge in [-0.05, 0) is 42.2 Å². The fourth-order valence-corrected chi connectivity index (χ4v) is 2.30. The molecule has 1 aromatic carbocycles. The summed E-state index contributed by atoms with van der Waals surface area (Å²) in [5.41, 5.74) is 4.57. The number of hydrogen-bond acceptors (Lipinski definition) is 2. The van der Waals surface area contributed by atoms with Gasteiger partial charge in [-0.25, -0.2) is 4.39 Å². The van der Waals surface area contributed by atoms with Crippen molar-refractivity contribution in [3.05, 3.63) is 59.6 Å². The molecule has 0 spiro atoms. The van der Waals surface area contributed by atoms with Gasteiger partial charge >= 0.3 is 0 Å². The number of allylic oxidation sites excluding steroid dienone is 3. The average Bonchev–Trinajstić information content (AvgIpc) is 2.92. The molecule has 21 heavy (non-hydrogen) atoms. The highest BCUT2D eigenvalue weighted by Crippen LogP contribution is 2.30. The third-order valence-electron chi connectivity index (χ3n) is 3.52. The quantitative estimate of drug-likeness (QED) is 0.827. The zero-order chi connectivity index (χ0) is 15.4. The Kier molecular flexibility index (Phi) is 4.68. The molecule has 0 radical (unpaired) electrons. The molecule has 0 bridgehead atoms. The Bertz CT molecular complexity index is 668. The van der Waals surface area contributed by atoms with E-state index in [1.807, 2.05) is 32.9 Å². The maximum atomic E-state index is 13.5. The first kappa shape index (κ1) is 15.2. The third kappa shape index (κ3) is 3.27. The Balaban J connectivity index is 2.49. The number of nitrogens with zero attached hydrogens (tertiary/aromatic N) is 2. The van der Waals surface area contributed by atoms with E-state index < -0.39 is 0 Å². The predicted molar refractivity (Wildman–Crippen MR) is 83.5 cm³/mol. The number of rotatable bonds is 5. The summed E-state index contributed by atoms with van der Waals surface area (Å²) >= 11 is 0. The SMILES string of the molecule is C=C/C(=C\C)Cc1n[nH]nc1-c1ccc(F)cc1C(C)C. The van der Waals surface area contributed by atoms with Gasteiger partial charge in [-0.3, -0.25) is 0 Å². The summed E-state index contributed by atoms with van der Waals surface area (Å²) in [6, 6.07) is 4.81. The topological polar surface area (TPSA) is 41.6 Å². The van der Waals surface area contributed by atoms with Gasteiger partial charge in [0.05, 0.1) is 5.69 Å². The van der Waals surface area contributed by atoms with Crippen LogP contribution in [0, 0.1) is 5.82 Å². The zero-order valence-electron chi connectivity index (χ0n) is 12.7. The van der Waals surface area contributed by atoms with Gasteiger partial charge in [0.2, 0.25) is 0 Å². The molecule has 0 saturated heterocycles. The molecular formula is C17H20FN3. The van der Waals surface area contributed by atoms with Crippen LogP contribution in [0.4, 0.5) is 4.39 Å². The van der Waals surface area contributed by atoms with Crippen LogP contribution in [0.15, 0.2) is 42.5 Å². The zero-order valence-corrected chi connectivity index (χ0v) is 12.7. The second-order valence-electron chi connectivity index (χ2n) is 5.25. The largest absolute Gasteiger partial charge is 0.207 e. The summed E-state index contributed by atoms with van der Waals surface area (Å²) in [6.45, 7) is 9.84. The maximum absolute atomic E-state index is 13.5. The molecule has 0 aliphatic rings. The van der Waals surface area contributed by atoms with Crippen LogP contribution >= 0.6 is 0 Å². The van der Waals surface area contributed by atoms with Gasteiger partial charge in [-0.15, -0.1) is 0 Å². The van der Waals surface area contributed by atoms with E-state index in [0.717, 1.165) is 28.1 Å². The Labute approximate surface area is 124 Å². The lowest BCUT2D eigenvalue weighted by atomic mass is 9.93. The lowest BCUT2D eigenvalue weighted by Crippen LogP contribution is -1.98. The first-order valence-corrected chi connectivity index (χ1v) is 7.03.